The van der Waals surface area contributed by atoms with Gasteiger partial charge in [0.25, 0.3) is 0 Å². The maximum atomic E-state index is 10.6. The molecule has 1 spiro atoms. The molecule has 0 bridgehead atoms. The van der Waals surface area contributed by atoms with Crippen LogP contribution in [0.2, 0.25) is 0 Å². The zero-order valence-electron chi connectivity index (χ0n) is 21.0. The molecule has 2 aromatic rings. The Balaban J connectivity index is 0.000000317. The molecule has 15 heteroatoms. The van der Waals surface area contributed by atoms with Crippen LogP contribution in [0.15, 0.2) is 34.3 Å². The van der Waals surface area contributed by atoms with Gasteiger partial charge in [0.15, 0.2) is 0 Å². The predicted molar refractivity (Wildman–Crippen MR) is 134 cm³/mol. The first-order valence-electron chi connectivity index (χ1n) is 11.7. The summed E-state index contributed by atoms with van der Waals surface area (Å²) in [6.45, 7) is 8.02. The van der Waals surface area contributed by atoms with Crippen molar-refractivity contribution in [3.05, 3.63) is 44.8 Å². The molecule has 39 heavy (non-hydrogen) atoms. The molecule has 2 saturated heterocycles. The van der Waals surface area contributed by atoms with Crippen LogP contribution in [0.3, 0.4) is 0 Å². The molecular weight excluding hydrogens is 574 g/mol. The average molecular weight is 605 g/mol. The number of hydrogen-bond donors (Lipinski definition) is 2. The number of carboxylic acids is 2. The fourth-order valence-electron chi connectivity index (χ4n) is 4.68. The molecule has 2 aliphatic heterocycles. The second-order valence-electron chi connectivity index (χ2n) is 9.28. The summed E-state index contributed by atoms with van der Waals surface area (Å²) >= 11 is 3.69. The highest BCUT2D eigenvalue weighted by atomic mass is 32.1. The highest BCUT2D eigenvalue weighted by molar-refractivity contribution is 7.09. The summed E-state index contributed by atoms with van der Waals surface area (Å²) in [4.78, 5) is 24.6. The highest BCUT2D eigenvalue weighted by Crippen LogP contribution is 2.45. The number of aliphatic carboxylic acids is 2. The Bertz CT molecular complexity index is 983. The number of carbonyl (C=O) groups is 2. The van der Waals surface area contributed by atoms with E-state index in [1.165, 1.54) is 49.5 Å². The van der Waals surface area contributed by atoms with Gasteiger partial charge in [-0.05, 0) is 65.2 Å². The van der Waals surface area contributed by atoms with Gasteiger partial charge in [-0.3, -0.25) is 9.80 Å². The van der Waals surface area contributed by atoms with Crippen molar-refractivity contribution >= 4 is 34.6 Å². The molecule has 0 aliphatic carbocycles. The van der Waals surface area contributed by atoms with E-state index in [4.69, 9.17) is 24.5 Å². The molecule has 0 saturated carbocycles. The van der Waals surface area contributed by atoms with Gasteiger partial charge in [0, 0.05) is 44.1 Å². The van der Waals surface area contributed by atoms with Gasteiger partial charge in [0.05, 0.1) is 6.61 Å². The molecule has 0 radical (unpaired) electrons. The normalized spacial score (nSPS) is 19.6. The summed E-state index contributed by atoms with van der Waals surface area (Å²) in [5, 5.41) is 20.9. The lowest BCUT2D eigenvalue weighted by Crippen LogP contribution is -2.44. The van der Waals surface area contributed by atoms with E-state index in [-0.39, 0.29) is 0 Å². The minimum Gasteiger partial charge on any atom is -0.475 e. The Kier molecular flexibility index (Phi) is 12.2. The van der Waals surface area contributed by atoms with Crippen molar-refractivity contribution in [2.75, 3.05) is 39.9 Å². The van der Waals surface area contributed by atoms with E-state index < -0.39 is 24.3 Å². The summed E-state index contributed by atoms with van der Waals surface area (Å²) in [5.74, 6) is -4.83. The zero-order valence-corrected chi connectivity index (χ0v) is 22.6. The van der Waals surface area contributed by atoms with E-state index in [9.17, 15) is 26.3 Å². The molecule has 0 amide bonds. The summed E-state index contributed by atoms with van der Waals surface area (Å²) < 4.78 is 69.1. The van der Waals surface area contributed by atoms with E-state index in [1.807, 2.05) is 18.4 Å². The molecule has 2 aliphatic rings. The first kappa shape index (κ1) is 33.0. The molecule has 4 rings (SSSR count). The van der Waals surface area contributed by atoms with E-state index in [0.717, 1.165) is 19.7 Å². The van der Waals surface area contributed by atoms with Crippen LogP contribution >= 0.6 is 22.7 Å². The van der Waals surface area contributed by atoms with Crippen molar-refractivity contribution in [3.8, 4) is 0 Å². The molecular formula is C24H30F6N2O5S2. The number of nitrogens with zero attached hydrogens (tertiary/aromatic N) is 2. The number of thiophene rings is 2. The quantitative estimate of drug-likeness (QED) is 0.425. The average Bonchev–Trinajstić information content (AvgIpc) is 3.59. The lowest BCUT2D eigenvalue weighted by molar-refractivity contribution is -0.193. The van der Waals surface area contributed by atoms with Gasteiger partial charge in [-0.1, -0.05) is 6.07 Å². The number of piperidine rings is 1. The third-order valence-electron chi connectivity index (χ3n) is 6.53. The topological polar surface area (TPSA) is 90.3 Å². The van der Waals surface area contributed by atoms with Crippen LogP contribution < -0.4 is 0 Å². The second-order valence-corrected chi connectivity index (χ2v) is 11.1. The van der Waals surface area contributed by atoms with Gasteiger partial charge in [-0.25, -0.2) is 9.59 Å². The lowest BCUT2D eigenvalue weighted by atomic mass is 9.71. The van der Waals surface area contributed by atoms with Gasteiger partial charge in [0.2, 0.25) is 0 Å². The standard InChI is InChI=1S/C20H28N2OS2.2C2HF3O2/c1-23-14-18-12-22(13-19-3-2-9-25-19)16-20(18)5-7-21(8-6-20)11-17-4-10-24-15-17;2*3-2(4,5)1(6)7/h2-4,9-10,15,18H,5-8,11-14,16H2,1H3;2*(H,6,7). The van der Waals surface area contributed by atoms with E-state index in [2.05, 4.69) is 44.1 Å². The van der Waals surface area contributed by atoms with E-state index in [0.29, 0.717) is 11.3 Å². The number of likely N-dealkylation sites (tertiary alicyclic amines) is 2. The molecule has 4 heterocycles. The molecule has 1 atom stereocenters. The molecule has 7 nitrogen and oxygen atoms in total. The van der Waals surface area contributed by atoms with Crippen molar-refractivity contribution in [1.29, 1.82) is 0 Å². The van der Waals surface area contributed by atoms with Crippen LogP contribution in [-0.4, -0.2) is 84.2 Å². The Morgan fingerprint density at radius 1 is 1.00 bits per heavy atom. The van der Waals surface area contributed by atoms with Crippen molar-refractivity contribution in [2.45, 2.75) is 38.3 Å². The summed E-state index contributed by atoms with van der Waals surface area (Å²) in [6, 6.07) is 6.70. The number of methoxy groups -OCH3 is 1. The Hall–Kier alpha value is -2.20. The molecule has 2 fully saturated rings. The summed E-state index contributed by atoms with van der Waals surface area (Å²) in [7, 11) is 1.86. The van der Waals surface area contributed by atoms with Crippen LogP contribution in [0.4, 0.5) is 26.3 Å². The molecule has 0 aromatic carbocycles. The monoisotopic (exact) mass is 604 g/mol. The van der Waals surface area contributed by atoms with Crippen molar-refractivity contribution < 1.29 is 50.9 Å². The largest absolute Gasteiger partial charge is 0.490 e. The molecule has 220 valence electrons. The number of hydrogen-bond acceptors (Lipinski definition) is 7. The first-order valence-corrected chi connectivity index (χ1v) is 13.6. The minimum absolute atomic E-state index is 0.457. The maximum Gasteiger partial charge on any atom is 0.490 e. The van der Waals surface area contributed by atoms with Gasteiger partial charge >= 0.3 is 24.3 Å². The van der Waals surface area contributed by atoms with Gasteiger partial charge < -0.3 is 14.9 Å². The van der Waals surface area contributed by atoms with Gasteiger partial charge in [0.1, 0.15) is 0 Å². The number of alkyl halides is 6. The van der Waals surface area contributed by atoms with Gasteiger partial charge in [-0.2, -0.15) is 37.7 Å². The number of halogens is 6. The summed E-state index contributed by atoms with van der Waals surface area (Å²) in [6.07, 6.45) is -7.54. The van der Waals surface area contributed by atoms with Gasteiger partial charge in [-0.15, -0.1) is 11.3 Å². The molecule has 1 unspecified atom stereocenters. The van der Waals surface area contributed by atoms with Crippen LogP contribution in [-0.2, 0) is 27.4 Å². The fraction of sp³-hybridized carbons (Fsp3) is 0.583. The van der Waals surface area contributed by atoms with Crippen LogP contribution in [0.25, 0.3) is 0 Å². The van der Waals surface area contributed by atoms with Crippen LogP contribution in [0, 0.1) is 11.3 Å². The van der Waals surface area contributed by atoms with E-state index >= 15 is 0 Å². The minimum atomic E-state index is -5.08. The molecule has 2 aromatic heterocycles. The number of rotatable bonds is 6. The van der Waals surface area contributed by atoms with Crippen molar-refractivity contribution in [1.82, 2.24) is 9.80 Å². The highest BCUT2D eigenvalue weighted by Gasteiger charge is 2.47. The SMILES string of the molecule is COCC1CN(Cc2cccs2)CC12CCN(Cc1ccsc1)CC2.O=C(O)C(F)(F)F.O=C(O)C(F)(F)F. The first-order chi connectivity index (χ1) is 18.2. The Morgan fingerprint density at radius 2 is 1.59 bits per heavy atom. The maximum absolute atomic E-state index is 10.6. The van der Waals surface area contributed by atoms with E-state index in [1.54, 1.807) is 11.3 Å². The number of carboxylic acid groups (broad SMARTS) is 2. The zero-order chi connectivity index (χ0) is 29.3. The third-order valence-corrected chi connectivity index (χ3v) is 8.13. The second kappa shape index (κ2) is 14.4. The predicted octanol–water partition coefficient (Wildman–Crippen LogP) is 5.44. The fourth-order valence-corrected chi connectivity index (χ4v) is 6.09. The van der Waals surface area contributed by atoms with Crippen molar-refractivity contribution in [2.24, 2.45) is 11.3 Å². The Morgan fingerprint density at radius 3 is 2.03 bits per heavy atom. The van der Waals surface area contributed by atoms with Crippen LogP contribution in [0.5, 0.6) is 0 Å². The summed E-state index contributed by atoms with van der Waals surface area (Å²) in [5.41, 5.74) is 1.93. The smallest absolute Gasteiger partial charge is 0.475 e. The van der Waals surface area contributed by atoms with Crippen LogP contribution in [0.1, 0.15) is 23.3 Å². The third kappa shape index (κ3) is 10.7. The lowest BCUT2D eigenvalue weighted by Gasteiger charge is -2.42. The van der Waals surface area contributed by atoms with Crippen molar-refractivity contribution in [3.63, 3.8) is 0 Å². The Labute approximate surface area is 229 Å². The number of ether oxygens (including phenoxy) is 1. The molecule has 2 N–H and O–H groups in total.